The zero-order chi connectivity index (χ0) is 9.73. The molecule has 13 heavy (non-hydrogen) atoms. The average Bonchev–Trinajstić information content (AvgIpc) is 2.67. The van der Waals surface area contributed by atoms with Crippen molar-refractivity contribution in [3.05, 3.63) is 0 Å². The quantitative estimate of drug-likeness (QED) is 0.668. The predicted molar refractivity (Wildman–Crippen MR) is 52.7 cm³/mol. The second kappa shape index (κ2) is 4.94. The molecule has 0 amide bonds. The van der Waals surface area contributed by atoms with Crippen LogP contribution in [0.4, 0.5) is 0 Å². The Hall–Kier alpha value is -0.120. The third-order valence-corrected chi connectivity index (χ3v) is 2.98. The lowest BCUT2D eigenvalue weighted by Gasteiger charge is -2.27. The van der Waals surface area contributed by atoms with Crippen LogP contribution < -0.4 is 5.32 Å². The van der Waals surface area contributed by atoms with Crippen molar-refractivity contribution in [2.45, 2.75) is 32.7 Å². The fraction of sp³-hybridized carbons (Fsp3) is 1.00. The number of aliphatic hydroxyl groups is 1. The molecule has 0 aromatic carbocycles. The minimum absolute atomic E-state index is 0.0303. The summed E-state index contributed by atoms with van der Waals surface area (Å²) in [5.74, 6) is 0. The molecular formula is C10H21NO2. The second-order valence-corrected chi connectivity index (χ2v) is 4.26. The fourth-order valence-electron chi connectivity index (χ4n) is 1.38. The molecule has 0 aromatic heterocycles. The van der Waals surface area contributed by atoms with E-state index in [-0.39, 0.29) is 12.0 Å². The maximum absolute atomic E-state index is 9.19. The van der Waals surface area contributed by atoms with Crippen LogP contribution in [-0.4, -0.2) is 37.5 Å². The van der Waals surface area contributed by atoms with Crippen LogP contribution >= 0.6 is 0 Å². The number of aliphatic hydroxyl groups excluding tert-OH is 1. The Bertz CT molecular complexity index is 140. The first kappa shape index (κ1) is 11.0. The van der Waals surface area contributed by atoms with E-state index in [0.717, 1.165) is 32.6 Å². The van der Waals surface area contributed by atoms with E-state index in [9.17, 15) is 5.11 Å². The molecule has 0 saturated carbocycles. The van der Waals surface area contributed by atoms with Crippen molar-refractivity contribution in [1.82, 2.24) is 5.32 Å². The van der Waals surface area contributed by atoms with E-state index in [1.165, 1.54) is 0 Å². The molecule has 1 heterocycles. The first-order chi connectivity index (χ1) is 6.20. The number of ether oxygens (including phenoxy) is 1. The van der Waals surface area contributed by atoms with Gasteiger partial charge in [-0.25, -0.2) is 0 Å². The van der Waals surface area contributed by atoms with E-state index in [0.29, 0.717) is 6.04 Å². The lowest BCUT2D eigenvalue weighted by Crippen LogP contribution is -2.40. The van der Waals surface area contributed by atoms with Crippen LogP contribution in [0.1, 0.15) is 26.7 Å². The molecule has 1 saturated heterocycles. The molecule has 1 aliphatic rings. The van der Waals surface area contributed by atoms with Gasteiger partial charge in [0.2, 0.25) is 0 Å². The zero-order valence-electron chi connectivity index (χ0n) is 8.68. The number of nitrogens with one attached hydrogen (secondary N) is 1. The van der Waals surface area contributed by atoms with Crippen LogP contribution in [-0.2, 0) is 4.74 Å². The molecule has 0 bridgehead atoms. The molecular weight excluding hydrogens is 166 g/mol. The van der Waals surface area contributed by atoms with Gasteiger partial charge >= 0.3 is 0 Å². The maximum Gasteiger partial charge on any atom is 0.0620 e. The molecule has 2 N–H and O–H groups in total. The van der Waals surface area contributed by atoms with Crippen LogP contribution in [0, 0.1) is 5.41 Å². The normalized spacial score (nSPS) is 27.5. The van der Waals surface area contributed by atoms with E-state index in [1.807, 2.05) is 0 Å². The van der Waals surface area contributed by atoms with Gasteiger partial charge in [0.25, 0.3) is 0 Å². The highest BCUT2D eigenvalue weighted by Gasteiger charge is 2.23. The molecule has 0 aromatic rings. The molecule has 0 aliphatic carbocycles. The number of hydrogen-bond acceptors (Lipinski definition) is 3. The predicted octanol–water partition coefficient (Wildman–Crippen LogP) is 0.773. The smallest absolute Gasteiger partial charge is 0.0620 e. The van der Waals surface area contributed by atoms with Gasteiger partial charge in [-0.3, -0.25) is 0 Å². The Morgan fingerprint density at radius 2 is 2.38 bits per heavy atom. The summed E-state index contributed by atoms with van der Waals surface area (Å²) in [5.41, 5.74) is 0.0303. The van der Waals surface area contributed by atoms with Gasteiger partial charge in [0.15, 0.2) is 0 Å². The van der Waals surface area contributed by atoms with Gasteiger partial charge in [-0.2, -0.15) is 0 Å². The Morgan fingerprint density at radius 3 is 2.85 bits per heavy atom. The van der Waals surface area contributed by atoms with Crippen LogP contribution in [0.2, 0.25) is 0 Å². The van der Waals surface area contributed by atoms with Crippen molar-refractivity contribution in [3.63, 3.8) is 0 Å². The van der Waals surface area contributed by atoms with E-state index < -0.39 is 0 Å². The lowest BCUT2D eigenvalue weighted by molar-refractivity contribution is 0.128. The molecule has 1 aliphatic heterocycles. The Kier molecular flexibility index (Phi) is 4.16. The highest BCUT2D eigenvalue weighted by molar-refractivity contribution is 4.79. The Labute approximate surface area is 80.5 Å². The highest BCUT2D eigenvalue weighted by atomic mass is 16.5. The van der Waals surface area contributed by atoms with Gasteiger partial charge in [0.05, 0.1) is 6.61 Å². The molecule has 78 valence electrons. The summed E-state index contributed by atoms with van der Waals surface area (Å²) in [4.78, 5) is 0. The third kappa shape index (κ3) is 3.25. The summed E-state index contributed by atoms with van der Waals surface area (Å²) in [6, 6.07) is 0.498. The molecule has 2 atom stereocenters. The van der Waals surface area contributed by atoms with Gasteiger partial charge < -0.3 is 15.2 Å². The topological polar surface area (TPSA) is 41.5 Å². The van der Waals surface area contributed by atoms with Crippen molar-refractivity contribution in [2.75, 3.05) is 26.4 Å². The largest absolute Gasteiger partial charge is 0.396 e. The molecule has 1 fully saturated rings. The Morgan fingerprint density at radius 1 is 1.62 bits per heavy atom. The first-order valence-corrected chi connectivity index (χ1v) is 5.12. The summed E-state index contributed by atoms with van der Waals surface area (Å²) in [6.07, 6.45) is 2.11. The summed E-state index contributed by atoms with van der Waals surface area (Å²) in [7, 11) is 0. The van der Waals surface area contributed by atoms with Crippen LogP contribution in [0.25, 0.3) is 0 Å². The van der Waals surface area contributed by atoms with Gasteiger partial charge in [0.1, 0.15) is 0 Å². The molecule has 3 heteroatoms. The van der Waals surface area contributed by atoms with Gasteiger partial charge in [-0.15, -0.1) is 0 Å². The first-order valence-electron chi connectivity index (χ1n) is 5.12. The molecule has 0 spiro atoms. The number of rotatable bonds is 5. The molecule has 0 radical (unpaired) electrons. The fourth-order valence-corrected chi connectivity index (χ4v) is 1.38. The maximum atomic E-state index is 9.19. The summed E-state index contributed by atoms with van der Waals surface area (Å²) in [5, 5.41) is 12.6. The van der Waals surface area contributed by atoms with Gasteiger partial charge in [-0.1, -0.05) is 13.8 Å². The summed E-state index contributed by atoms with van der Waals surface area (Å²) in [6.45, 7) is 7.06. The lowest BCUT2D eigenvalue weighted by atomic mass is 9.88. The summed E-state index contributed by atoms with van der Waals surface area (Å²) < 4.78 is 5.26. The SMILES string of the molecule is CCC(C)(CO)CNC1CCOC1. The average molecular weight is 187 g/mol. The number of hydrogen-bond donors (Lipinski definition) is 2. The molecule has 2 unspecified atom stereocenters. The second-order valence-electron chi connectivity index (χ2n) is 4.26. The van der Waals surface area contributed by atoms with Crippen LogP contribution in [0.5, 0.6) is 0 Å². The third-order valence-electron chi connectivity index (χ3n) is 2.98. The monoisotopic (exact) mass is 187 g/mol. The Balaban J connectivity index is 2.22. The van der Waals surface area contributed by atoms with Crippen molar-refractivity contribution in [1.29, 1.82) is 0 Å². The summed E-state index contributed by atoms with van der Waals surface area (Å²) >= 11 is 0. The highest BCUT2D eigenvalue weighted by Crippen LogP contribution is 2.19. The van der Waals surface area contributed by atoms with Crippen molar-refractivity contribution in [3.8, 4) is 0 Å². The van der Waals surface area contributed by atoms with E-state index >= 15 is 0 Å². The van der Waals surface area contributed by atoms with Crippen molar-refractivity contribution >= 4 is 0 Å². The van der Waals surface area contributed by atoms with Gasteiger partial charge in [0, 0.05) is 31.2 Å². The molecule has 1 rings (SSSR count). The van der Waals surface area contributed by atoms with E-state index in [2.05, 4.69) is 19.2 Å². The van der Waals surface area contributed by atoms with Crippen molar-refractivity contribution < 1.29 is 9.84 Å². The minimum atomic E-state index is 0.0303. The van der Waals surface area contributed by atoms with Gasteiger partial charge in [-0.05, 0) is 12.8 Å². The van der Waals surface area contributed by atoms with Crippen molar-refractivity contribution in [2.24, 2.45) is 5.41 Å². The van der Waals surface area contributed by atoms with Crippen LogP contribution in [0.3, 0.4) is 0 Å². The van der Waals surface area contributed by atoms with E-state index in [1.54, 1.807) is 0 Å². The molecule has 3 nitrogen and oxygen atoms in total. The zero-order valence-corrected chi connectivity index (χ0v) is 8.68. The van der Waals surface area contributed by atoms with Crippen LogP contribution in [0.15, 0.2) is 0 Å². The van der Waals surface area contributed by atoms with E-state index in [4.69, 9.17) is 4.74 Å². The minimum Gasteiger partial charge on any atom is -0.396 e. The standard InChI is InChI=1S/C10H21NO2/c1-3-10(2,8-12)7-11-9-4-5-13-6-9/h9,11-12H,3-8H2,1-2H3.